The Morgan fingerprint density at radius 3 is 2.77 bits per heavy atom. The van der Waals surface area contributed by atoms with Gasteiger partial charge in [0.2, 0.25) is 0 Å². The van der Waals surface area contributed by atoms with Crippen molar-refractivity contribution in [1.29, 1.82) is 0 Å². The van der Waals surface area contributed by atoms with Crippen LogP contribution in [0.4, 0.5) is 4.79 Å². The third-order valence-electron chi connectivity index (χ3n) is 1.70. The van der Waals surface area contributed by atoms with Gasteiger partial charge in [0.15, 0.2) is 0 Å². The Morgan fingerprint density at radius 2 is 2.38 bits per heavy atom. The Balaban J connectivity index is 2.74. The first-order chi connectivity index (χ1) is 6.11. The minimum atomic E-state index is -1.05. The molecule has 13 heavy (non-hydrogen) atoms. The maximum atomic E-state index is 10.4. The van der Waals surface area contributed by atoms with Gasteiger partial charge in [0.1, 0.15) is 5.69 Å². The summed E-state index contributed by atoms with van der Waals surface area (Å²) in [5.41, 5.74) is 0.609. The zero-order chi connectivity index (χ0) is 9.84. The van der Waals surface area contributed by atoms with Crippen LogP contribution >= 0.6 is 0 Å². The number of carboxylic acid groups (broad SMARTS) is 1. The molecule has 0 fully saturated rings. The van der Waals surface area contributed by atoms with Gasteiger partial charge in [-0.2, -0.15) is 15.4 Å². The molecule has 0 aliphatic heterocycles. The van der Waals surface area contributed by atoms with Crippen molar-refractivity contribution in [2.24, 2.45) is 5.92 Å². The predicted molar refractivity (Wildman–Crippen MR) is 45.1 cm³/mol. The first-order valence-electron chi connectivity index (χ1n) is 3.96. The van der Waals surface area contributed by atoms with Crippen LogP contribution in [-0.2, 0) is 0 Å². The zero-order valence-corrected chi connectivity index (χ0v) is 7.48. The van der Waals surface area contributed by atoms with Crippen LogP contribution in [0.5, 0.6) is 0 Å². The molecule has 1 atom stereocenters. The normalized spacial score (nSPS) is 12.8. The second-order valence-corrected chi connectivity index (χ2v) is 3.07. The van der Waals surface area contributed by atoms with E-state index in [2.05, 4.69) is 20.7 Å². The van der Waals surface area contributed by atoms with E-state index in [0.717, 1.165) is 0 Å². The lowest BCUT2D eigenvalue weighted by molar-refractivity contribution is 0.185. The number of aromatic nitrogens is 3. The van der Waals surface area contributed by atoms with Crippen molar-refractivity contribution in [1.82, 2.24) is 20.7 Å². The zero-order valence-electron chi connectivity index (χ0n) is 7.48. The summed E-state index contributed by atoms with van der Waals surface area (Å²) in [6.07, 6.45) is 0.461. The second kappa shape index (κ2) is 3.88. The largest absolute Gasteiger partial charge is 0.465 e. The highest BCUT2D eigenvalue weighted by atomic mass is 16.4. The van der Waals surface area contributed by atoms with Crippen LogP contribution in [0.25, 0.3) is 0 Å². The molecular formula is C7H12N4O2. The fraction of sp³-hybridized carbons (Fsp3) is 0.571. The maximum absolute atomic E-state index is 10.4. The second-order valence-electron chi connectivity index (χ2n) is 3.07. The minimum absolute atomic E-state index is 0.140. The molecular weight excluding hydrogens is 172 g/mol. The molecule has 1 heterocycles. The average Bonchev–Trinajstić information content (AvgIpc) is 2.50. The Morgan fingerprint density at radius 1 is 1.69 bits per heavy atom. The van der Waals surface area contributed by atoms with Gasteiger partial charge in [-0.1, -0.05) is 13.8 Å². The summed E-state index contributed by atoms with van der Waals surface area (Å²) in [6, 6.07) is -0.309. The number of H-pyrrole nitrogens is 1. The van der Waals surface area contributed by atoms with Crippen LogP contribution in [-0.4, -0.2) is 26.6 Å². The van der Waals surface area contributed by atoms with Crippen molar-refractivity contribution in [3.8, 4) is 0 Å². The van der Waals surface area contributed by atoms with E-state index in [4.69, 9.17) is 5.11 Å². The summed E-state index contributed by atoms with van der Waals surface area (Å²) in [7, 11) is 0. The standard InChI is InChI=1S/C7H12N4O2/c1-4(2)6(9-7(12)13)5-3-8-11-10-5/h3-4,6,9H,1-2H3,(H,12,13)(H,8,10,11). The lowest BCUT2D eigenvalue weighted by atomic mass is 10.0. The van der Waals surface area contributed by atoms with Gasteiger partial charge in [-0.25, -0.2) is 4.79 Å². The summed E-state index contributed by atoms with van der Waals surface area (Å²) < 4.78 is 0. The molecule has 0 spiro atoms. The van der Waals surface area contributed by atoms with Crippen LogP contribution in [0.1, 0.15) is 25.6 Å². The van der Waals surface area contributed by atoms with Gasteiger partial charge in [-0.3, -0.25) is 0 Å². The van der Waals surface area contributed by atoms with Crippen LogP contribution in [0, 0.1) is 5.92 Å². The molecule has 1 amide bonds. The van der Waals surface area contributed by atoms with Gasteiger partial charge in [-0.15, -0.1) is 0 Å². The number of amides is 1. The van der Waals surface area contributed by atoms with Crippen molar-refractivity contribution in [2.45, 2.75) is 19.9 Å². The topological polar surface area (TPSA) is 90.9 Å². The fourth-order valence-corrected chi connectivity index (χ4v) is 1.08. The predicted octanol–water partition coefficient (Wildman–Crippen LogP) is 0.769. The summed E-state index contributed by atoms with van der Waals surface area (Å²) in [5.74, 6) is 0.140. The molecule has 6 heteroatoms. The Kier molecular flexibility index (Phi) is 2.84. The smallest absolute Gasteiger partial charge is 0.405 e. The number of nitrogens with zero attached hydrogens (tertiary/aromatic N) is 2. The fourth-order valence-electron chi connectivity index (χ4n) is 1.08. The number of hydrogen-bond donors (Lipinski definition) is 3. The number of rotatable bonds is 3. The average molecular weight is 184 g/mol. The number of hydrogen-bond acceptors (Lipinski definition) is 3. The van der Waals surface area contributed by atoms with Crippen molar-refractivity contribution in [2.75, 3.05) is 0 Å². The number of nitrogens with one attached hydrogen (secondary N) is 2. The van der Waals surface area contributed by atoms with E-state index in [-0.39, 0.29) is 12.0 Å². The third-order valence-corrected chi connectivity index (χ3v) is 1.70. The third kappa shape index (κ3) is 2.43. The molecule has 0 aliphatic rings. The molecule has 0 aromatic carbocycles. The minimum Gasteiger partial charge on any atom is -0.465 e. The number of aromatic amines is 1. The summed E-state index contributed by atoms with van der Waals surface area (Å²) in [6.45, 7) is 3.82. The quantitative estimate of drug-likeness (QED) is 0.647. The van der Waals surface area contributed by atoms with Gasteiger partial charge in [-0.05, 0) is 5.92 Å². The first-order valence-corrected chi connectivity index (χ1v) is 3.96. The molecule has 0 saturated carbocycles. The molecule has 0 bridgehead atoms. The highest BCUT2D eigenvalue weighted by Gasteiger charge is 2.19. The van der Waals surface area contributed by atoms with Crippen LogP contribution in [0.2, 0.25) is 0 Å². The lowest BCUT2D eigenvalue weighted by Gasteiger charge is -2.17. The molecule has 0 saturated heterocycles. The SMILES string of the molecule is CC(C)C(NC(=O)O)c1cn[nH]n1. The van der Waals surface area contributed by atoms with E-state index in [1.54, 1.807) is 0 Å². The van der Waals surface area contributed by atoms with Crippen LogP contribution in [0.3, 0.4) is 0 Å². The molecule has 3 N–H and O–H groups in total. The molecule has 0 radical (unpaired) electrons. The van der Waals surface area contributed by atoms with Crippen LogP contribution < -0.4 is 5.32 Å². The van der Waals surface area contributed by atoms with Crippen molar-refractivity contribution >= 4 is 6.09 Å². The first kappa shape index (κ1) is 9.50. The van der Waals surface area contributed by atoms with E-state index in [1.807, 2.05) is 13.8 Å². The summed E-state index contributed by atoms with van der Waals surface area (Å²) >= 11 is 0. The molecule has 1 rings (SSSR count). The van der Waals surface area contributed by atoms with Crippen molar-refractivity contribution < 1.29 is 9.90 Å². The van der Waals surface area contributed by atoms with E-state index < -0.39 is 6.09 Å². The Bertz CT molecular complexity index is 270. The molecule has 1 aromatic rings. The molecule has 72 valence electrons. The monoisotopic (exact) mass is 184 g/mol. The van der Waals surface area contributed by atoms with E-state index in [0.29, 0.717) is 5.69 Å². The number of carbonyl (C=O) groups is 1. The Labute approximate surface area is 75.3 Å². The van der Waals surface area contributed by atoms with E-state index in [9.17, 15) is 4.79 Å². The summed E-state index contributed by atoms with van der Waals surface area (Å²) in [4.78, 5) is 10.4. The Hall–Kier alpha value is -1.59. The van der Waals surface area contributed by atoms with Gasteiger partial charge in [0.05, 0.1) is 12.2 Å². The molecule has 6 nitrogen and oxygen atoms in total. The highest BCUT2D eigenvalue weighted by Crippen LogP contribution is 2.17. The lowest BCUT2D eigenvalue weighted by Crippen LogP contribution is -2.30. The maximum Gasteiger partial charge on any atom is 0.405 e. The molecule has 0 aliphatic carbocycles. The van der Waals surface area contributed by atoms with Gasteiger partial charge in [0.25, 0.3) is 0 Å². The van der Waals surface area contributed by atoms with Crippen molar-refractivity contribution in [3.05, 3.63) is 11.9 Å². The van der Waals surface area contributed by atoms with Gasteiger partial charge in [0, 0.05) is 0 Å². The summed E-state index contributed by atoms with van der Waals surface area (Å²) in [5, 5.41) is 20.8. The van der Waals surface area contributed by atoms with E-state index >= 15 is 0 Å². The highest BCUT2D eigenvalue weighted by molar-refractivity contribution is 5.65. The molecule has 1 aromatic heterocycles. The van der Waals surface area contributed by atoms with Gasteiger partial charge < -0.3 is 10.4 Å². The van der Waals surface area contributed by atoms with Crippen LogP contribution in [0.15, 0.2) is 6.20 Å². The van der Waals surface area contributed by atoms with Gasteiger partial charge >= 0.3 is 6.09 Å². The molecule has 1 unspecified atom stereocenters. The van der Waals surface area contributed by atoms with E-state index in [1.165, 1.54) is 6.20 Å². The van der Waals surface area contributed by atoms with Crippen molar-refractivity contribution in [3.63, 3.8) is 0 Å².